The minimum absolute atomic E-state index is 0.781. The van der Waals surface area contributed by atoms with Gasteiger partial charge >= 0.3 is 6.18 Å². The van der Waals surface area contributed by atoms with E-state index >= 15 is 0 Å². The standard InChI is InChI=1S/C5H4BrF3N2/c1-2-10-4(11-3-6)5(7,8)9/h2-3H,1H2. The molecule has 0 aromatic carbocycles. The molecule has 0 atom stereocenters. The van der Waals surface area contributed by atoms with Gasteiger partial charge in [-0.05, 0) is 15.9 Å². The van der Waals surface area contributed by atoms with Gasteiger partial charge in [-0.25, -0.2) is 9.98 Å². The third-order valence-corrected chi connectivity index (χ3v) is 0.843. The average Bonchev–Trinajstić information content (AvgIpc) is 1.85. The Labute approximate surface area is 69.7 Å². The van der Waals surface area contributed by atoms with Gasteiger partial charge in [0, 0.05) is 6.20 Å². The maximum Gasteiger partial charge on any atom is 0.451 e. The number of rotatable bonds is 1. The molecule has 0 amide bonds. The van der Waals surface area contributed by atoms with Gasteiger partial charge in [-0.1, -0.05) is 6.58 Å². The molecule has 0 bridgehead atoms. The number of hydrogen-bond acceptors (Lipinski definition) is 1. The molecule has 0 heterocycles. The van der Waals surface area contributed by atoms with Crippen molar-refractivity contribution in [3.8, 4) is 0 Å². The van der Waals surface area contributed by atoms with E-state index in [0.29, 0.717) is 0 Å². The molecular weight excluding hydrogens is 225 g/mol. The van der Waals surface area contributed by atoms with Crippen LogP contribution >= 0.6 is 15.9 Å². The number of aliphatic imine (C=N–C) groups is 2. The molecule has 0 aromatic rings. The van der Waals surface area contributed by atoms with Crippen LogP contribution in [-0.4, -0.2) is 17.1 Å². The van der Waals surface area contributed by atoms with Crippen LogP contribution < -0.4 is 0 Å². The molecule has 0 radical (unpaired) electrons. The number of alkyl halides is 3. The van der Waals surface area contributed by atoms with E-state index in [1.165, 1.54) is 0 Å². The van der Waals surface area contributed by atoms with Gasteiger partial charge in [0.15, 0.2) is 0 Å². The van der Waals surface area contributed by atoms with Crippen molar-refractivity contribution in [1.82, 2.24) is 0 Å². The lowest BCUT2D eigenvalue weighted by Crippen LogP contribution is -2.20. The zero-order valence-electron chi connectivity index (χ0n) is 5.27. The predicted molar refractivity (Wildman–Crippen MR) is 41.1 cm³/mol. The Hall–Kier alpha value is -0.650. The van der Waals surface area contributed by atoms with Gasteiger partial charge in [-0.2, -0.15) is 13.2 Å². The van der Waals surface area contributed by atoms with Crippen LogP contribution in [0.2, 0.25) is 0 Å². The van der Waals surface area contributed by atoms with Crippen LogP contribution in [0.5, 0.6) is 0 Å². The summed E-state index contributed by atoms with van der Waals surface area (Å²) in [6, 6.07) is 0. The zero-order valence-corrected chi connectivity index (χ0v) is 6.85. The molecule has 0 spiro atoms. The quantitative estimate of drug-likeness (QED) is 0.487. The molecule has 0 aromatic heterocycles. The monoisotopic (exact) mass is 228 g/mol. The summed E-state index contributed by atoms with van der Waals surface area (Å²) >= 11 is 2.61. The van der Waals surface area contributed by atoms with Crippen LogP contribution in [0.3, 0.4) is 0 Å². The van der Waals surface area contributed by atoms with Crippen molar-refractivity contribution >= 4 is 26.9 Å². The van der Waals surface area contributed by atoms with Crippen LogP contribution in [0, 0.1) is 0 Å². The Bertz CT molecular complexity index is 194. The molecule has 62 valence electrons. The third-order valence-electron chi connectivity index (χ3n) is 0.638. The molecule has 0 N–H and O–H groups in total. The van der Waals surface area contributed by atoms with E-state index in [1.807, 2.05) is 0 Å². The van der Waals surface area contributed by atoms with Gasteiger partial charge in [0.1, 0.15) is 0 Å². The van der Waals surface area contributed by atoms with E-state index in [0.717, 1.165) is 11.3 Å². The van der Waals surface area contributed by atoms with Crippen LogP contribution in [-0.2, 0) is 0 Å². The first-order valence-corrected chi connectivity index (χ1v) is 3.32. The summed E-state index contributed by atoms with van der Waals surface area (Å²) in [4.78, 5) is 5.84. The molecule has 0 unspecified atom stereocenters. The lowest BCUT2D eigenvalue weighted by Gasteiger charge is -2.02. The third kappa shape index (κ3) is 3.92. The normalized spacial score (nSPS) is 14.0. The predicted octanol–water partition coefficient (Wildman–Crippen LogP) is 2.51. The number of hydrogen-bond donors (Lipinski definition) is 0. The van der Waals surface area contributed by atoms with Crippen molar-refractivity contribution in [2.45, 2.75) is 6.18 Å². The Morgan fingerprint density at radius 1 is 1.45 bits per heavy atom. The minimum Gasteiger partial charge on any atom is -0.234 e. The molecular formula is C5H4BrF3N2. The topological polar surface area (TPSA) is 24.7 Å². The number of halogens is 4. The maximum atomic E-state index is 11.8. The summed E-state index contributed by atoms with van der Waals surface area (Å²) < 4.78 is 35.3. The van der Waals surface area contributed by atoms with E-state index in [9.17, 15) is 13.2 Å². The zero-order chi connectivity index (χ0) is 8.91. The fourth-order valence-corrected chi connectivity index (χ4v) is 0.506. The summed E-state index contributed by atoms with van der Waals surface area (Å²) in [5.41, 5.74) is 0. The highest BCUT2D eigenvalue weighted by Crippen LogP contribution is 2.18. The van der Waals surface area contributed by atoms with Crippen LogP contribution in [0.1, 0.15) is 0 Å². The fraction of sp³-hybridized carbons (Fsp3) is 0.200. The van der Waals surface area contributed by atoms with Crippen molar-refractivity contribution < 1.29 is 13.2 Å². The molecule has 0 saturated carbocycles. The highest BCUT2D eigenvalue weighted by molar-refractivity contribution is 9.17. The molecule has 0 aliphatic carbocycles. The number of nitrogens with zero attached hydrogens (tertiary/aromatic N) is 2. The van der Waals surface area contributed by atoms with E-state index < -0.39 is 12.0 Å². The molecule has 0 rings (SSSR count). The van der Waals surface area contributed by atoms with E-state index in [4.69, 9.17) is 0 Å². The van der Waals surface area contributed by atoms with Crippen molar-refractivity contribution in [1.29, 1.82) is 0 Å². The van der Waals surface area contributed by atoms with Crippen LogP contribution in [0.25, 0.3) is 0 Å². The Morgan fingerprint density at radius 2 is 2.00 bits per heavy atom. The molecule has 6 heteroatoms. The molecule has 0 aliphatic heterocycles. The van der Waals surface area contributed by atoms with Gasteiger partial charge in [0.2, 0.25) is 5.84 Å². The van der Waals surface area contributed by atoms with Gasteiger partial charge in [0.25, 0.3) is 0 Å². The molecule has 0 aliphatic rings. The molecule has 0 saturated heterocycles. The van der Waals surface area contributed by atoms with Gasteiger partial charge in [0.05, 0.1) is 5.12 Å². The smallest absolute Gasteiger partial charge is 0.234 e. The summed E-state index contributed by atoms with van der Waals surface area (Å²) in [6.45, 7) is 3.02. The van der Waals surface area contributed by atoms with Crippen molar-refractivity contribution in [2.75, 3.05) is 0 Å². The summed E-state index contributed by atoms with van der Waals surface area (Å²) in [6.07, 6.45) is -3.75. The van der Waals surface area contributed by atoms with E-state index in [1.54, 1.807) is 0 Å². The second kappa shape index (κ2) is 4.27. The first-order valence-electron chi connectivity index (χ1n) is 2.41. The van der Waals surface area contributed by atoms with Gasteiger partial charge in [-0.15, -0.1) is 0 Å². The fourth-order valence-electron chi connectivity index (χ4n) is 0.312. The van der Waals surface area contributed by atoms with Crippen LogP contribution in [0.15, 0.2) is 22.8 Å². The van der Waals surface area contributed by atoms with Crippen LogP contribution in [0.4, 0.5) is 13.2 Å². The second-order valence-electron chi connectivity index (χ2n) is 1.36. The highest BCUT2D eigenvalue weighted by Gasteiger charge is 2.35. The Balaban J connectivity index is 4.61. The first kappa shape index (κ1) is 10.3. The highest BCUT2D eigenvalue weighted by atomic mass is 79.9. The lowest BCUT2D eigenvalue weighted by atomic mass is 10.6. The summed E-state index contributed by atoms with van der Waals surface area (Å²) in [5.74, 6) is -1.23. The largest absolute Gasteiger partial charge is 0.451 e. The van der Waals surface area contributed by atoms with E-state index in [2.05, 4.69) is 32.5 Å². The van der Waals surface area contributed by atoms with Gasteiger partial charge in [-0.3, -0.25) is 0 Å². The Kier molecular flexibility index (Phi) is 4.02. The van der Waals surface area contributed by atoms with Crippen molar-refractivity contribution in [3.63, 3.8) is 0 Å². The molecule has 2 nitrogen and oxygen atoms in total. The molecule has 0 fully saturated rings. The first-order chi connectivity index (χ1) is 5.02. The van der Waals surface area contributed by atoms with E-state index in [-0.39, 0.29) is 0 Å². The van der Waals surface area contributed by atoms with Crippen molar-refractivity contribution in [2.24, 2.45) is 9.98 Å². The SMILES string of the molecule is C=CN=C(N=CBr)C(F)(F)F. The average molecular weight is 229 g/mol. The molecule has 11 heavy (non-hydrogen) atoms. The minimum atomic E-state index is -4.53. The second-order valence-corrected chi connectivity index (χ2v) is 1.77. The number of amidine groups is 1. The maximum absolute atomic E-state index is 11.8. The van der Waals surface area contributed by atoms with Crippen molar-refractivity contribution in [3.05, 3.63) is 12.8 Å². The lowest BCUT2D eigenvalue weighted by molar-refractivity contribution is -0.0596. The Morgan fingerprint density at radius 3 is 2.27 bits per heavy atom. The summed E-state index contributed by atoms with van der Waals surface area (Å²) in [5, 5.41) is 0.836. The summed E-state index contributed by atoms with van der Waals surface area (Å²) in [7, 11) is 0. The van der Waals surface area contributed by atoms with Gasteiger partial charge < -0.3 is 0 Å².